The van der Waals surface area contributed by atoms with E-state index in [1.165, 1.54) is 30.7 Å². The smallest absolute Gasteiger partial charge is 0.335 e. The fourth-order valence-electron chi connectivity index (χ4n) is 5.80. The van der Waals surface area contributed by atoms with Crippen molar-refractivity contribution in [3.8, 4) is 0 Å². The number of aromatic carboxylic acids is 1. The maximum Gasteiger partial charge on any atom is 0.335 e. The summed E-state index contributed by atoms with van der Waals surface area (Å²) in [5.41, 5.74) is 3.18. The Hall–Kier alpha value is -3.70. The third-order valence-electron chi connectivity index (χ3n) is 8.43. The summed E-state index contributed by atoms with van der Waals surface area (Å²) in [5, 5.41) is 24.9. The zero-order chi connectivity index (χ0) is 31.3. The Morgan fingerprint density at radius 1 is 0.955 bits per heavy atom. The minimum atomic E-state index is -3.74. The van der Waals surface area contributed by atoms with Crippen LogP contribution in [-0.2, 0) is 23.0 Å². The number of carbonyl (C=O) groups is 1. The Balaban J connectivity index is 1.23. The maximum absolute atomic E-state index is 12.8. The molecule has 234 valence electrons. The fraction of sp³-hybridized carbons (Fsp3) is 0.382. The standard InChI is InChI=1S/C34H42N4O5S/c1-34(2,35-24-32(39)25-9-8-10-28(22-25)36-44(42,43)30-11-4-3-5-12-30)16-20-38-29(15-19-37-17-6-7-18-37)23-27-21-26(33(40)41)13-14-31(27)38/h3-5,8-14,21-23,32,35-36,39H,6-7,15-20,24H2,1-2H3,(H,40,41)/t32-/m0/s1. The Labute approximate surface area is 259 Å². The maximum atomic E-state index is 12.8. The first-order chi connectivity index (χ1) is 21.0. The van der Waals surface area contributed by atoms with Gasteiger partial charge in [0.25, 0.3) is 10.0 Å². The van der Waals surface area contributed by atoms with Crippen LogP contribution < -0.4 is 10.0 Å². The number of aromatic nitrogens is 1. The topological polar surface area (TPSA) is 124 Å². The molecule has 1 aromatic heterocycles. The van der Waals surface area contributed by atoms with Crippen LogP contribution in [0.2, 0.25) is 0 Å². The van der Waals surface area contributed by atoms with Crippen LogP contribution in [0.1, 0.15) is 60.8 Å². The van der Waals surface area contributed by atoms with Crippen LogP contribution in [0.25, 0.3) is 10.9 Å². The molecule has 4 aromatic rings. The van der Waals surface area contributed by atoms with Crippen LogP contribution in [0.3, 0.4) is 0 Å². The van der Waals surface area contributed by atoms with Crippen molar-refractivity contribution in [2.45, 2.75) is 62.6 Å². The highest BCUT2D eigenvalue weighted by Crippen LogP contribution is 2.26. The van der Waals surface area contributed by atoms with Crippen molar-refractivity contribution in [3.05, 3.63) is 95.7 Å². The second-order valence-electron chi connectivity index (χ2n) is 12.2. The van der Waals surface area contributed by atoms with Crippen molar-refractivity contribution >= 4 is 32.6 Å². The normalized spacial score (nSPS) is 15.1. The molecule has 0 saturated carbocycles. The third kappa shape index (κ3) is 7.87. The van der Waals surface area contributed by atoms with Crippen LogP contribution >= 0.6 is 0 Å². The first-order valence-corrected chi connectivity index (χ1v) is 16.7. The van der Waals surface area contributed by atoms with E-state index in [9.17, 15) is 23.4 Å². The van der Waals surface area contributed by atoms with E-state index < -0.39 is 22.1 Å². The van der Waals surface area contributed by atoms with Gasteiger partial charge in [-0.3, -0.25) is 4.72 Å². The van der Waals surface area contributed by atoms with E-state index in [0.717, 1.165) is 49.9 Å². The lowest BCUT2D eigenvalue weighted by molar-refractivity contribution is 0.0697. The lowest BCUT2D eigenvalue weighted by Crippen LogP contribution is -2.42. The molecule has 9 nitrogen and oxygen atoms in total. The Kier molecular flexibility index (Phi) is 9.75. The second-order valence-corrected chi connectivity index (χ2v) is 13.9. The molecule has 1 atom stereocenters. The Morgan fingerprint density at radius 2 is 1.70 bits per heavy atom. The molecule has 2 heterocycles. The number of likely N-dealkylation sites (tertiary alicyclic amines) is 1. The van der Waals surface area contributed by atoms with Crippen LogP contribution in [0.4, 0.5) is 5.69 Å². The van der Waals surface area contributed by atoms with Crippen molar-refractivity contribution in [1.29, 1.82) is 0 Å². The van der Waals surface area contributed by atoms with E-state index in [0.29, 0.717) is 11.3 Å². The monoisotopic (exact) mass is 618 g/mol. The number of carboxylic acids is 1. The quantitative estimate of drug-likeness (QED) is 0.152. The van der Waals surface area contributed by atoms with Crippen LogP contribution in [0, 0.1) is 0 Å². The zero-order valence-electron chi connectivity index (χ0n) is 25.4. The minimum absolute atomic E-state index is 0.173. The minimum Gasteiger partial charge on any atom is -0.478 e. The average Bonchev–Trinajstić information content (AvgIpc) is 3.65. The van der Waals surface area contributed by atoms with Crippen LogP contribution in [0.5, 0.6) is 0 Å². The summed E-state index contributed by atoms with van der Waals surface area (Å²) in [6.07, 6.45) is 3.31. The van der Waals surface area contributed by atoms with Gasteiger partial charge in [0.15, 0.2) is 0 Å². The fourth-order valence-corrected chi connectivity index (χ4v) is 6.88. The molecule has 1 saturated heterocycles. The average molecular weight is 619 g/mol. The number of benzene rings is 3. The second kappa shape index (κ2) is 13.5. The van der Waals surface area contributed by atoms with Gasteiger partial charge >= 0.3 is 5.97 Å². The largest absolute Gasteiger partial charge is 0.478 e. The molecule has 0 amide bonds. The van der Waals surface area contributed by atoms with Gasteiger partial charge in [0, 0.05) is 53.9 Å². The Bertz CT molecular complexity index is 1700. The molecule has 3 aromatic carbocycles. The number of carboxylic acid groups (broad SMARTS) is 1. The third-order valence-corrected chi connectivity index (χ3v) is 9.83. The zero-order valence-corrected chi connectivity index (χ0v) is 26.2. The van der Waals surface area contributed by atoms with E-state index in [1.807, 2.05) is 6.07 Å². The first-order valence-electron chi connectivity index (χ1n) is 15.2. The van der Waals surface area contributed by atoms with Crippen molar-refractivity contribution < 1.29 is 23.4 Å². The number of fused-ring (bicyclic) bond motifs is 1. The molecule has 4 N–H and O–H groups in total. The lowest BCUT2D eigenvalue weighted by Gasteiger charge is -2.29. The van der Waals surface area contributed by atoms with Gasteiger partial charge in [0.1, 0.15) is 0 Å². The molecule has 5 rings (SSSR count). The van der Waals surface area contributed by atoms with E-state index in [-0.39, 0.29) is 22.5 Å². The van der Waals surface area contributed by atoms with Crippen LogP contribution in [-0.4, -0.2) is 65.8 Å². The highest BCUT2D eigenvalue weighted by Gasteiger charge is 2.22. The summed E-state index contributed by atoms with van der Waals surface area (Å²) in [6.45, 7) is 8.46. The van der Waals surface area contributed by atoms with Gasteiger partial charge < -0.3 is 25.0 Å². The SMILES string of the molecule is CC(C)(CCn1c(CCN2CCCC2)cc2cc(C(=O)O)ccc21)NC[C@H](O)c1cccc(NS(=O)(=O)c2ccccc2)c1. The summed E-state index contributed by atoms with van der Waals surface area (Å²) >= 11 is 0. The molecule has 0 radical (unpaired) electrons. The summed E-state index contributed by atoms with van der Waals surface area (Å²) in [6, 6.07) is 22.4. The molecule has 10 heteroatoms. The number of aliphatic hydroxyl groups is 1. The van der Waals surface area contributed by atoms with Crippen molar-refractivity contribution in [1.82, 2.24) is 14.8 Å². The predicted molar refractivity (Wildman–Crippen MR) is 174 cm³/mol. The molecular formula is C34H42N4O5S. The number of rotatable bonds is 14. The van der Waals surface area contributed by atoms with Crippen molar-refractivity contribution in [3.63, 3.8) is 0 Å². The van der Waals surface area contributed by atoms with Crippen molar-refractivity contribution in [2.75, 3.05) is 30.9 Å². The molecule has 1 aliphatic rings. The van der Waals surface area contributed by atoms with E-state index in [4.69, 9.17) is 0 Å². The number of aryl methyl sites for hydroxylation is 1. The number of aliphatic hydroxyl groups excluding tert-OH is 1. The van der Waals surface area contributed by atoms with Gasteiger partial charge in [-0.05, 0) is 100 Å². The van der Waals surface area contributed by atoms with E-state index in [1.54, 1.807) is 54.6 Å². The van der Waals surface area contributed by atoms with Crippen molar-refractivity contribution in [2.24, 2.45) is 0 Å². The summed E-state index contributed by atoms with van der Waals surface area (Å²) < 4.78 is 30.4. The van der Waals surface area contributed by atoms with Gasteiger partial charge in [-0.2, -0.15) is 0 Å². The number of nitrogens with one attached hydrogen (secondary N) is 2. The molecule has 1 aliphatic heterocycles. The van der Waals surface area contributed by atoms with Gasteiger partial charge in [-0.25, -0.2) is 13.2 Å². The number of hydrogen-bond acceptors (Lipinski definition) is 6. The molecule has 44 heavy (non-hydrogen) atoms. The number of β-amino-alcohol motifs (C(OH)–C–C–N with tert-alkyl or cyclic N) is 1. The van der Waals surface area contributed by atoms with Gasteiger partial charge in [0.2, 0.25) is 0 Å². The van der Waals surface area contributed by atoms with Crippen LogP contribution in [0.15, 0.2) is 83.8 Å². The number of anilines is 1. The summed E-state index contributed by atoms with van der Waals surface area (Å²) in [5.74, 6) is -0.929. The summed E-state index contributed by atoms with van der Waals surface area (Å²) in [4.78, 5) is 14.2. The highest BCUT2D eigenvalue weighted by molar-refractivity contribution is 7.92. The van der Waals surface area contributed by atoms with Gasteiger partial charge in [-0.1, -0.05) is 30.3 Å². The number of hydrogen-bond donors (Lipinski definition) is 4. The highest BCUT2D eigenvalue weighted by atomic mass is 32.2. The molecule has 0 bridgehead atoms. The number of nitrogens with zero attached hydrogens (tertiary/aromatic N) is 2. The van der Waals surface area contributed by atoms with E-state index >= 15 is 0 Å². The first kappa shape index (κ1) is 31.7. The Morgan fingerprint density at radius 3 is 2.43 bits per heavy atom. The molecule has 1 fully saturated rings. The summed E-state index contributed by atoms with van der Waals surface area (Å²) in [7, 11) is -3.74. The van der Waals surface area contributed by atoms with E-state index in [2.05, 4.69) is 39.4 Å². The van der Waals surface area contributed by atoms with Gasteiger partial charge in [0.05, 0.1) is 16.6 Å². The molecule has 0 aliphatic carbocycles. The molecule has 0 spiro atoms. The lowest BCUT2D eigenvalue weighted by atomic mass is 9.99. The van der Waals surface area contributed by atoms with Gasteiger partial charge in [-0.15, -0.1) is 0 Å². The number of sulfonamides is 1. The molecular weight excluding hydrogens is 576 g/mol. The predicted octanol–water partition coefficient (Wildman–Crippen LogP) is 5.27. The molecule has 0 unspecified atom stereocenters.